The Kier molecular flexibility index (Phi) is 6.71. The minimum Gasteiger partial charge on any atom is -0.461 e. The molecule has 2 aromatic rings. The molecule has 0 spiro atoms. The lowest BCUT2D eigenvalue weighted by atomic mass is 10.2. The molecule has 0 aliphatic heterocycles. The first-order valence-electron chi connectivity index (χ1n) is 7.96. The molecule has 1 heterocycles. The molecule has 1 aromatic heterocycles. The second kappa shape index (κ2) is 8.98. The third-order valence-electron chi connectivity index (χ3n) is 3.37. The van der Waals surface area contributed by atoms with E-state index in [1.54, 1.807) is 19.1 Å². The maximum Gasteiger partial charge on any atom is 0.354 e. The van der Waals surface area contributed by atoms with Crippen LogP contribution in [0.5, 0.6) is 0 Å². The highest BCUT2D eigenvalue weighted by Crippen LogP contribution is 2.25. The largest absolute Gasteiger partial charge is 0.461 e. The highest BCUT2D eigenvalue weighted by molar-refractivity contribution is 7.20. The van der Waals surface area contributed by atoms with E-state index in [0.717, 1.165) is 10.1 Å². The molecule has 2 rings (SSSR count). The van der Waals surface area contributed by atoms with Crippen molar-refractivity contribution >= 4 is 39.2 Å². The second-order valence-electron chi connectivity index (χ2n) is 5.30. The summed E-state index contributed by atoms with van der Waals surface area (Å²) in [6, 6.07) is 9.45. The van der Waals surface area contributed by atoms with Gasteiger partial charge in [0.15, 0.2) is 0 Å². The first kappa shape index (κ1) is 18.7. The fraction of sp³-hybridized carbons (Fsp3) is 0.278. The third-order valence-corrected chi connectivity index (χ3v) is 4.48. The topological polar surface area (TPSA) is 98.5 Å². The van der Waals surface area contributed by atoms with Crippen LogP contribution in [0.1, 0.15) is 35.9 Å². The van der Waals surface area contributed by atoms with Crippen molar-refractivity contribution < 1.29 is 19.1 Å². The van der Waals surface area contributed by atoms with E-state index in [4.69, 9.17) is 10.5 Å². The number of primary amides is 1. The molecule has 6 nitrogen and oxygen atoms in total. The van der Waals surface area contributed by atoms with E-state index in [2.05, 4.69) is 5.32 Å². The van der Waals surface area contributed by atoms with Gasteiger partial charge in [0, 0.05) is 11.1 Å². The molecular formula is C18H20N2O4S. The van der Waals surface area contributed by atoms with E-state index in [9.17, 15) is 14.4 Å². The van der Waals surface area contributed by atoms with Crippen LogP contribution in [0.2, 0.25) is 0 Å². The predicted octanol–water partition coefficient (Wildman–Crippen LogP) is 2.73. The molecular weight excluding hydrogens is 340 g/mol. The van der Waals surface area contributed by atoms with Crippen LogP contribution in [0.3, 0.4) is 0 Å². The Morgan fingerprint density at radius 3 is 2.72 bits per heavy atom. The van der Waals surface area contributed by atoms with Gasteiger partial charge in [-0.1, -0.05) is 24.3 Å². The highest BCUT2D eigenvalue weighted by Gasteiger charge is 2.17. The summed E-state index contributed by atoms with van der Waals surface area (Å²) in [6.07, 6.45) is 2.71. The predicted molar refractivity (Wildman–Crippen MR) is 97.1 cm³/mol. The fourth-order valence-corrected chi connectivity index (χ4v) is 3.15. The van der Waals surface area contributed by atoms with E-state index in [1.807, 2.05) is 24.3 Å². The van der Waals surface area contributed by atoms with Crippen molar-refractivity contribution in [2.24, 2.45) is 5.73 Å². The van der Waals surface area contributed by atoms with Gasteiger partial charge >= 0.3 is 5.97 Å². The minimum atomic E-state index is -0.601. The number of esters is 1. The molecule has 2 amide bonds. The number of allylic oxidation sites excluding steroid dienone is 1. The Bertz CT molecular complexity index is 777. The lowest BCUT2D eigenvalue weighted by Gasteiger charge is -2.08. The van der Waals surface area contributed by atoms with Crippen LogP contribution in [0.15, 0.2) is 42.1 Å². The average molecular weight is 360 g/mol. The Morgan fingerprint density at radius 2 is 2.04 bits per heavy atom. The fourth-order valence-electron chi connectivity index (χ4n) is 2.19. The number of rotatable bonds is 8. The van der Waals surface area contributed by atoms with Crippen molar-refractivity contribution in [3.05, 3.63) is 47.0 Å². The number of nitrogens with one attached hydrogen (secondary N) is 1. The number of benzene rings is 1. The summed E-state index contributed by atoms with van der Waals surface area (Å²) in [5.74, 6) is -1.37. The summed E-state index contributed by atoms with van der Waals surface area (Å²) in [4.78, 5) is 35.7. The summed E-state index contributed by atoms with van der Waals surface area (Å²) < 4.78 is 5.96. The Morgan fingerprint density at radius 1 is 1.28 bits per heavy atom. The van der Waals surface area contributed by atoms with Crippen LogP contribution in [0, 0.1) is 0 Å². The van der Waals surface area contributed by atoms with Crippen molar-refractivity contribution in [1.29, 1.82) is 0 Å². The number of ether oxygens (including phenoxy) is 1. The quantitative estimate of drug-likeness (QED) is 0.429. The maximum atomic E-state index is 12.5. The molecule has 0 aliphatic carbocycles. The van der Waals surface area contributed by atoms with E-state index >= 15 is 0 Å². The van der Waals surface area contributed by atoms with Crippen molar-refractivity contribution in [1.82, 2.24) is 5.32 Å². The Hall–Kier alpha value is -2.67. The number of fused-ring (bicyclic) bond motifs is 1. The monoisotopic (exact) mass is 360 g/mol. The van der Waals surface area contributed by atoms with Crippen LogP contribution in [-0.2, 0) is 14.3 Å². The van der Waals surface area contributed by atoms with Gasteiger partial charge < -0.3 is 15.8 Å². The Labute approximate surface area is 149 Å². The molecule has 1 aromatic carbocycles. The molecule has 0 unspecified atom stereocenters. The number of unbranched alkanes of at least 4 members (excludes halogenated alkanes) is 1. The third kappa shape index (κ3) is 5.42. The van der Waals surface area contributed by atoms with E-state index in [0.29, 0.717) is 17.7 Å². The van der Waals surface area contributed by atoms with Gasteiger partial charge in [-0.15, -0.1) is 11.3 Å². The molecule has 0 atom stereocenters. The van der Waals surface area contributed by atoms with Crippen LogP contribution in [0.25, 0.3) is 10.1 Å². The first-order chi connectivity index (χ1) is 12.0. The first-order valence-corrected chi connectivity index (χ1v) is 8.78. The van der Waals surface area contributed by atoms with Gasteiger partial charge in [0.05, 0.1) is 11.5 Å². The van der Waals surface area contributed by atoms with Crippen molar-refractivity contribution in [2.75, 3.05) is 6.61 Å². The van der Waals surface area contributed by atoms with E-state index in [-0.39, 0.29) is 24.6 Å². The molecule has 0 saturated heterocycles. The highest BCUT2D eigenvalue weighted by atomic mass is 32.1. The molecule has 0 aliphatic rings. The van der Waals surface area contributed by atoms with Gasteiger partial charge in [0.25, 0.3) is 5.91 Å². The molecule has 132 valence electrons. The summed E-state index contributed by atoms with van der Waals surface area (Å²) in [6.45, 7) is 1.90. The molecule has 3 N–H and O–H groups in total. The Balaban J connectivity index is 2.10. The van der Waals surface area contributed by atoms with Crippen molar-refractivity contribution in [3.63, 3.8) is 0 Å². The van der Waals surface area contributed by atoms with Crippen molar-refractivity contribution in [3.8, 4) is 0 Å². The SMILES string of the molecule is CCOC(=O)/C(=C/CCCC(N)=O)NC(=O)c1cc2ccccc2s1. The van der Waals surface area contributed by atoms with Gasteiger partial charge in [0.2, 0.25) is 5.91 Å². The number of thiophene rings is 1. The van der Waals surface area contributed by atoms with Crippen LogP contribution < -0.4 is 11.1 Å². The van der Waals surface area contributed by atoms with Crippen LogP contribution in [0.4, 0.5) is 0 Å². The number of carbonyl (C=O) groups excluding carboxylic acids is 3. The van der Waals surface area contributed by atoms with Gasteiger partial charge in [0.1, 0.15) is 5.70 Å². The van der Waals surface area contributed by atoms with Crippen molar-refractivity contribution in [2.45, 2.75) is 26.2 Å². The number of hydrogen-bond acceptors (Lipinski definition) is 5. The van der Waals surface area contributed by atoms with Gasteiger partial charge in [-0.05, 0) is 37.3 Å². The van der Waals surface area contributed by atoms with Crippen LogP contribution in [-0.4, -0.2) is 24.4 Å². The van der Waals surface area contributed by atoms with Crippen LogP contribution >= 0.6 is 11.3 Å². The number of carbonyl (C=O) groups is 3. The molecule has 0 radical (unpaired) electrons. The number of nitrogens with two attached hydrogens (primary N) is 1. The van der Waals surface area contributed by atoms with E-state index < -0.39 is 11.9 Å². The van der Waals surface area contributed by atoms with Gasteiger partial charge in [-0.25, -0.2) is 4.79 Å². The zero-order chi connectivity index (χ0) is 18.2. The summed E-state index contributed by atoms with van der Waals surface area (Å²) in [7, 11) is 0. The molecule has 25 heavy (non-hydrogen) atoms. The van der Waals surface area contributed by atoms with E-state index in [1.165, 1.54) is 11.3 Å². The smallest absolute Gasteiger partial charge is 0.354 e. The molecule has 7 heteroatoms. The molecule has 0 bridgehead atoms. The minimum absolute atomic E-state index is 0.0776. The lowest BCUT2D eigenvalue weighted by Crippen LogP contribution is -2.28. The van der Waals surface area contributed by atoms with Gasteiger partial charge in [-0.2, -0.15) is 0 Å². The molecule has 0 fully saturated rings. The second-order valence-corrected chi connectivity index (χ2v) is 6.38. The zero-order valence-corrected chi connectivity index (χ0v) is 14.7. The number of hydrogen-bond donors (Lipinski definition) is 2. The van der Waals surface area contributed by atoms with Gasteiger partial charge in [-0.3, -0.25) is 9.59 Å². The summed E-state index contributed by atoms with van der Waals surface area (Å²) in [5.41, 5.74) is 5.17. The standard InChI is InChI=1S/C18H20N2O4S/c1-2-24-18(23)13(8-4-6-10-16(19)21)20-17(22)15-11-12-7-3-5-9-14(12)25-15/h3,5,7-9,11H,2,4,6,10H2,1H3,(H2,19,21)(H,20,22)/b13-8-. The molecule has 0 saturated carbocycles. The maximum absolute atomic E-state index is 12.5. The lowest BCUT2D eigenvalue weighted by molar-refractivity contribution is -0.138. The zero-order valence-electron chi connectivity index (χ0n) is 13.9. The summed E-state index contributed by atoms with van der Waals surface area (Å²) in [5, 5.41) is 3.58. The average Bonchev–Trinajstić information content (AvgIpc) is 3.01. The normalized spacial score (nSPS) is 11.3. The summed E-state index contributed by atoms with van der Waals surface area (Å²) >= 11 is 1.35. The number of amides is 2.